The van der Waals surface area contributed by atoms with Crippen molar-refractivity contribution in [1.29, 1.82) is 0 Å². The molecule has 0 spiro atoms. The highest BCUT2D eigenvalue weighted by Crippen LogP contribution is 2.35. The van der Waals surface area contributed by atoms with Crippen LogP contribution < -0.4 is 5.73 Å². The van der Waals surface area contributed by atoms with Crippen molar-refractivity contribution in [2.24, 2.45) is 5.73 Å². The number of nitrogens with two attached hydrogens (primary N) is 1. The molecule has 0 saturated carbocycles. The summed E-state index contributed by atoms with van der Waals surface area (Å²) < 4.78 is 1.81. The van der Waals surface area contributed by atoms with Crippen molar-refractivity contribution in [3.05, 3.63) is 47.5 Å². The van der Waals surface area contributed by atoms with Gasteiger partial charge in [0.15, 0.2) is 0 Å². The summed E-state index contributed by atoms with van der Waals surface area (Å²) in [6.45, 7) is 0.840. The third-order valence-electron chi connectivity index (χ3n) is 3.13. The minimum atomic E-state index is 0.248. The predicted octanol–water partition coefficient (Wildman–Crippen LogP) is 1.25. The van der Waals surface area contributed by atoms with E-state index in [1.165, 1.54) is 11.1 Å². The van der Waals surface area contributed by atoms with Crippen LogP contribution in [0.25, 0.3) is 0 Å². The summed E-state index contributed by atoms with van der Waals surface area (Å²) in [6, 6.07) is 8.50. The van der Waals surface area contributed by atoms with Crippen LogP contribution in [0.1, 0.15) is 22.9 Å². The van der Waals surface area contributed by atoms with Crippen LogP contribution in [0.5, 0.6) is 0 Å². The Balaban J connectivity index is 1.75. The first-order valence-corrected chi connectivity index (χ1v) is 5.92. The van der Waals surface area contributed by atoms with E-state index in [0.29, 0.717) is 11.7 Å². The van der Waals surface area contributed by atoms with E-state index in [9.17, 15) is 0 Å². The molecule has 2 N–H and O–H groups in total. The van der Waals surface area contributed by atoms with Crippen molar-refractivity contribution in [3.8, 4) is 0 Å². The van der Waals surface area contributed by atoms with Crippen LogP contribution in [0, 0.1) is 0 Å². The average Bonchev–Trinajstić information content (AvgIpc) is 2.75. The Morgan fingerprint density at radius 1 is 1.47 bits per heavy atom. The molecule has 0 fully saturated rings. The summed E-state index contributed by atoms with van der Waals surface area (Å²) >= 11 is 4.83. The van der Waals surface area contributed by atoms with E-state index in [1.807, 2.05) is 4.68 Å². The highest BCUT2D eigenvalue weighted by atomic mass is 32.1. The highest BCUT2D eigenvalue weighted by Gasteiger charge is 2.25. The minimum absolute atomic E-state index is 0.248. The number of aromatic nitrogens is 3. The summed E-state index contributed by atoms with van der Waals surface area (Å²) in [4.78, 5) is 4.32. The van der Waals surface area contributed by atoms with Gasteiger partial charge in [0.1, 0.15) is 11.3 Å². The molecule has 5 heteroatoms. The lowest BCUT2D eigenvalue weighted by Gasteiger charge is -2.29. The van der Waals surface area contributed by atoms with Crippen LogP contribution in [-0.4, -0.2) is 19.8 Å². The van der Waals surface area contributed by atoms with Crippen LogP contribution in [-0.2, 0) is 13.0 Å². The largest absolute Gasteiger partial charge is 0.387 e. The fourth-order valence-corrected chi connectivity index (χ4v) is 2.34. The Morgan fingerprint density at radius 2 is 2.29 bits per heavy atom. The summed E-state index contributed by atoms with van der Waals surface area (Å²) in [7, 11) is 0. The van der Waals surface area contributed by atoms with Crippen molar-refractivity contribution >= 4 is 17.2 Å². The van der Waals surface area contributed by atoms with Gasteiger partial charge in [-0.1, -0.05) is 36.5 Å². The van der Waals surface area contributed by atoms with Gasteiger partial charge in [-0.05, 0) is 17.5 Å². The Kier molecular flexibility index (Phi) is 2.40. The zero-order chi connectivity index (χ0) is 11.8. The van der Waals surface area contributed by atoms with Gasteiger partial charge in [0, 0.05) is 12.5 Å². The summed E-state index contributed by atoms with van der Waals surface area (Å²) in [5.41, 5.74) is 8.33. The molecule has 0 bridgehead atoms. The fraction of sp³-hybridized carbons (Fsp3) is 0.250. The van der Waals surface area contributed by atoms with Gasteiger partial charge in [-0.25, -0.2) is 4.98 Å². The van der Waals surface area contributed by atoms with Crippen LogP contribution in [0.15, 0.2) is 30.6 Å². The lowest BCUT2D eigenvalue weighted by molar-refractivity contribution is 0.474. The molecular formula is C12H12N4S. The van der Waals surface area contributed by atoms with Gasteiger partial charge in [0.2, 0.25) is 5.82 Å². The molecule has 17 heavy (non-hydrogen) atoms. The molecule has 4 nitrogen and oxygen atoms in total. The normalized spacial score (nSPS) is 17.3. The number of fused-ring (bicyclic) bond motifs is 1. The van der Waals surface area contributed by atoms with Crippen molar-refractivity contribution < 1.29 is 0 Å². The Labute approximate surface area is 104 Å². The van der Waals surface area contributed by atoms with Gasteiger partial charge >= 0.3 is 0 Å². The molecule has 0 amide bonds. The average molecular weight is 244 g/mol. The molecule has 1 aliphatic carbocycles. The predicted molar refractivity (Wildman–Crippen MR) is 68.8 cm³/mol. The van der Waals surface area contributed by atoms with Gasteiger partial charge in [0.25, 0.3) is 0 Å². The first-order valence-electron chi connectivity index (χ1n) is 5.51. The summed E-state index contributed by atoms with van der Waals surface area (Å²) in [5.74, 6) is 0.986. The van der Waals surface area contributed by atoms with Crippen LogP contribution >= 0.6 is 12.2 Å². The second-order valence-electron chi connectivity index (χ2n) is 4.25. The SMILES string of the molecule is NC(=S)c1ncn(CC2Cc3ccccc32)n1. The molecule has 1 aliphatic rings. The molecule has 0 saturated heterocycles. The van der Waals surface area contributed by atoms with Crippen LogP contribution in [0.4, 0.5) is 0 Å². The molecule has 1 aromatic carbocycles. The second kappa shape index (κ2) is 3.92. The smallest absolute Gasteiger partial charge is 0.208 e. The molecule has 1 aromatic heterocycles. The van der Waals surface area contributed by atoms with Crippen molar-refractivity contribution in [3.63, 3.8) is 0 Å². The van der Waals surface area contributed by atoms with Crippen molar-refractivity contribution in [2.45, 2.75) is 18.9 Å². The van der Waals surface area contributed by atoms with E-state index in [2.05, 4.69) is 34.3 Å². The maximum atomic E-state index is 5.47. The topological polar surface area (TPSA) is 56.7 Å². The van der Waals surface area contributed by atoms with Gasteiger partial charge < -0.3 is 5.73 Å². The molecule has 1 heterocycles. The van der Waals surface area contributed by atoms with Gasteiger partial charge in [-0.2, -0.15) is 0 Å². The number of rotatable bonds is 3. The zero-order valence-corrected chi connectivity index (χ0v) is 10.0. The van der Waals surface area contributed by atoms with E-state index >= 15 is 0 Å². The summed E-state index contributed by atoms with van der Waals surface area (Å²) in [6.07, 6.45) is 2.80. The quantitative estimate of drug-likeness (QED) is 0.826. The monoisotopic (exact) mass is 244 g/mol. The number of hydrogen-bond donors (Lipinski definition) is 1. The van der Waals surface area contributed by atoms with E-state index in [1.54, 1.807) is 6.33 Å². The molecular weight excluding hydrogens is 232 g/mol. The molecule has 1 atom stereocenters. The Morgan fingerprint density at radius 3 is 3.00 bits per heavy atom. The molecule has 3 rings (SSSR count). The van der Waals surface area contributed by atoms with Gasteiger partial charge in [-0.3, -0.25) is 4.68 Å². The zero-order valence-electron chi connectivity index (χ0n) is 9.21. The van der Waals surface area contributed by atoms with E-state index in [0.717, 1.165) is 13.0 Å². The Hall–Kier alpha value is -1.75. The van der Waals surface area contributed by atoms with Gasteiger partial charge in [-0.15, -0.1) is 5.10 Å². The fourth-order valence-electron chi connectivity index (χ4n) is 2.25. The summed E-state index contributed by atoms with van der Waals surface area (Å²) in [5, 5.41) is 4.24. The van der Waals surface area contributed by atoms with E-state index < -0.39 is 0 Å². The maximum Gasteiger partial charge on any atom is 0.208 e. The molecule has 2 aromatic rings. The Bertz CT molecular complexity index is 575. The third-order valence-corrected chi connectivity index (χ3v) is 3.31. The van der Waals surface area contributed by atoms with Crippen LogP contribution in [0.2, 0.25) is 0 Å². The first kappa shape index (κ1) is 10.4. The maximum absolute atomic E-state index is 5.47. The number of hydrogen-bond acceptors (Lipinski definition) is 3. The third kappa shape index (κ3) is 1.82. The molecule has 0 aliphatic heterocycles. The number of nitrogens with zero attached hydrogens (tertiary/aromatic N) is 3. The van der Waals surface area contributed by atoms with E-state index in [4.69, 9.17) is 18.0 Å². The lowest BCUT2D eigenvalue weighted by atomic mass is 9.78. The van der Waals surface area contributed by atoms with Crippen LogP contribution in [0.3, 0.4) is 0 Å². The molecule has 86 valence electrons. The minimum Gasteiger partial charge on any atom is -0.387 e. The first-order chi connectivity index (χ1) is 8.24. The number of benzene rings is 1. The molecule has 1 unspecified atom stereocenters. The van der Waals surface area contributed by atoms with E-state index in [-0.39, 0.29) is 4.99 Å². The number of thiocarbonyl (C=S) groups is 1. The van der Waals surface area contributed by atoms with Crippen molar-refractivity contribution in [2.75, 3.05) is 0 Å². The van der Waals surface area contributed by atoms with Gasteiger partial charge in [0.05, 0.1) is 0 Å². The second-order valence-corrected chi connectivity index (χ2v) is 4.69. The highest BCUT2D eigenvalue weighted by molar-refractivity contribution is 7.80. The van der Waals surface area contributed by atoms with Crippen molar-refractivity contribution in [1.82, 2.24) is 14.8 Å². The molecule has 0 radical (unpaired) electrons. The standard InChI is InChI=1S/C12H12N4S/c13-11(17)12-14-7-16(15-12)6-9-5-8-3-1-2-4-10(8)9/h1-4,7,9H,5-6H2,(H2,13,17). The lowest BCUT2D eigenvalue weighted by Crippen LogP contribution is -2.22.